The minimum Gasteiger partial charge on any atom is -0.387 e. The van der Waals surface area contributed by atoms with Gasteiger partial charge in [0.1, 0.15) is 13.2 Å². The second kappa shape index (κ2) is 51.9. The molecular formula is C60H120N2O6P+. The van der Waals surface area contributed by atoms with Crippen LogP contribution in [0.1, 0.15) is 303 Å². The Kier molecular flexibility index (Phi) is 51.1. The number of phosphoric acid groups is 1. The number of nitrogens with one attached hydrogen (secondary N) is 1. The molecule has 0 bridgehead atoms. The lowest BCUT2D eigenvalue weighted by atomic mass is 10.0. The molecule has 69 heavy (non-hydrogen) atoms. The van der Waals surface area contributed by atoms with Crippen LogP contribution in [-0.4, -0.2) is 73.4 Å². The zero-order chi connectivity index (χ0) is 50.6. The quantitative estimate of drug-likeness (QED) is 0.0243. The number of unbranched alkanes of at least 4 members (excludes halogenated alkanes) is 41. The van der Waals surface area contributed by atoms with E-state index in [1.54, 1.807) is 6.08 Å². The highest BCUT2D eigenvalue weighted by Crippen LogP contribution is 2.43. The second-order valence-corrected chi connectivity index (χ2v) is 23.5. The molecule has 9 heteroatoms. The van der Waals surface area contributed by atoms with Crippen LogP contribution in [0, 0.1) is 0 Å². The number of rotatable bonds is 56. The Hall–Kier alpha value is -1.02. The van der Waals surface area contributed by atoms with E-state index < -0.39 is 20.0 Å². The Morgan fingerprint density at radius 1 is 0.478 bits per heavy atom. The average molecular weight is 997 g/mol. The van der Waals surface area contributed by atoms with Crippen LogP contribution in [0.15, 0.2) is 24.3 Å². The maximum Gasteiger partial charge on any atom is 0.472 e. The molecule has 1 amide bonds. The van der Waals surface area contributed by atoms with Crippen molar-refractivity contribution >= 4 is 13.7 Å². The summed E-state index contributed by atoms with van der Waals surface area (Å²) in [6.07, 6.45) is 65.9. The first-order valence-corrected chi connectivity index (χ1v) is 31.7. The third-order valence-corrected chi connectivity index (χ3v) is 14.9. The first kappa shape index (κ1) is 68.0. The summed E-state index contributed by atoms with van der Waals surface area (Å²) >= 11 is 0. The summed E-state index contributed by atoms with van der Waals surface area (Å²) in [5.74, 6) is -0.180. The molecule has 0 spiro atoms. The van der Waals surface area contributed by atoms with Gasteiger partial charge in [-0.25, -0.2) is 4.57 Å². The molecule has 0 aromatic heterocycles. The summed E-state index contributed by atoms with van der Waals surface area (Å²) in [4.78, 5) is 23.3. The molecule has 0 aliphatic rings. The average Bonchev–Trinajstić information content (AvgIpc) is 3.31. The molecule has 0 saturated carbocycles. The number of hydrogen-bond acceptors (Lipinski definition) is 5. The van der Waals surface area contributed by atoms with Gasteiger partial charge in [-0.3, -0.25) is 13.8 Å². The molecule has 0 aliphatic heterocycles. The predicted octanol–water partition coefficient (Wildman–Crippen LogP) is 18.4. The van der Waals surface area contributed by atoms with Crippen molar-refractivity contribution in [1.82, 2.24) is 5.32 Å². The molecule has 3 atom stereocenters. The van der Waals surface area contributed by atoms with E-state index >= 15 is 0 Å². The zero-order valence-corrected chi connectivity index (χ0v) is 47.7. The molecule has 0 fully saturated rings. The highest BCUT2D eigenvalue weighted by Gasteiger charge is 2.27. The van der Waals surface area contributed by atoms with Gasteiger partial charge in [-0.1, -0.05) is 289 Å². The van der Waals surface area contributed by atoms with Gasteiger partial charge >= 0.3 is 7.82 Å². The number of aliphatic hydroxyl groups is 1. The van der Waals surface area contributed by atoms with Gasteiger partial charge in [0.05, 0.1) is 39.9 Å². The first-order valence-electron chi connectivity index (χ1n) is 30.2. The molecule has 0 radical (unpaired) electrons. The molecule has 3 N–H and O–H groups in total. The third kappa shape index (κ3) is 54.6. The Balaban J connectivity index is 4.08. The number of hydrogen-bond donors (Lipinski definition) is 3. The van der Waals surface area contributed by atoms with E-state index in [1.165, 1.54) is 244 Å². The fourth-order valence-corrected chi connectivity index (χ4v) is 9.92. The number of allylic oxidation sites excluding steroid dienone is 3. The summed E-state index contributed by atoms with van der Waals surface area (Å²) in [7, 11) is 1.57. The number of quaternary nitrogens is 1. The summed E-state index contributed by atoms with van der Waals surface area (Å²) in [5.41, 5.74) is 0. The Bertz CT molecular complexity index is 1170. The zero-order valence-electron chi connectivity index (χ0n) is 46.8. The van der Waals surface area contributed by atoms with E-state index in [1.807, 2.05) is 27.2 Å². The third-order valence-electron chi connectivity index (χ3n) is 13.9. The van der Waals surface area contributed by atoms with E-state index in [0.717, 1.165) is 38.5 Å². The van der Waals surface area contributed by atoms with E-state index in [2.05, 4.69) is 31.3 Å². The van der Waals surface area contributed by atoms with Crippen LogP contribution in [0.3, 0.4) is 0 Å². The lowest BCUT2D eigenvalue weighted by Crippen LogP contribution is -2.45. The lowest BCUT2D eigenvalue weighted by Gasteiger charge is -2.25. The topological polar surface area (TPSA) is 105 Å². The van der Waals surface area contributed by atoms with E-state index in [0.29, 0.717) is 17.4 Å². The van der Waals surface area contributed by atoms with Crippen LogP contribution in [0.5, 0.6) is 0 Å². The van der Waals surface area contributed by atoms with E-state index in [4.69, 9.17) is 9.05 Å². The maximum atomic E-state index is 13.0. The summed E-state index contributed by atoms with van der Waals surface area (Å²) < 4.78 is 23.7. The Labute approximate surface area is 430 Å². The van der Waals surface area contributed by atoms with Crippen LogP contribution >= 0.6 is 7.82 Å². The van der Waals surface area contributed by atoms with Gasteiger partial charge in [-0.05, 0) is 32.1 Å². The largest absolute Gasteiger partial charge is 0.472 e. The molecule has 3 unspecified atom stereocenters. The predicted molar refractivity (Wildman–Crippen MR) is 300 cm³/mol. The number of aliphatic hydroxyl groups excluding tert-OH is 1. The van der Waals surface area contributed by atoms with Crippen LogP contribution in [0.4, 0.5) is 0 Å². The number of nitrogens with zero attached hydrogens (tertiary/aromatic N) is 1. The minimum atomic E-state index is -4.35. The fraction of sp³-hybridized carbons (Fsp3) is 0.917. The molecule has 0 aliphatic carbocycles. The van der Waals surface area contributed by atoms with Crippen molar-refractivity contribution in [3.05, 3.63) is 24.3 Å². The number of phosphoric ester groups is 1. The number of carbonyl (C=O) groups excluding carboxylic acids is 1. The molecule has 0 heterocycles. The molecular weight excluding hydrogens is 876 g/mol. The molecule has 0 rings (SSSR count). The molecule has 8 nitrogen and oxygen atoms in total. The van der Waals surface area contributed by atoms with Crippen LogP contribution in [0.2, 0.25) is 0 Å². The molecule has 0 aromatic rings. The summed E-state index contributed by atoms with van der Waals surface area (Å²) in [6, 6.07) is -0.860. The van der Waals surface area contributed by atoms with Gasteiger partial charge in [-0.15, -0.1) is 0 Å². The summed E-state index contributed by atoms with van der Waals surface area (Å²) in [5, 5.41) is 13.9. The van der Waals surface area contributed by atoms with Crippen molar-refractivity contribution in [2.75, 3.05) is 40.9 Å². The van der Waals surface area contributed by atoms with Crippen LogP contribution < -0.4 is 5.32 Å². The van der Waals surface area contributed by atoms with Gasteiger partial charge < -0.3 is 19.8 Å². The van der Waals surface area contributed by atoms with Crippen molar-refractivity contribution in [2.24, 2.45) is 0 Å². The Morgan fingerprint density at radius 2 is 0.797 bits per heavy atom. The van der Waals surface area contributed by atoms with Gasteiger partial charge in [-0.2, -0.15) is 0 Å². The van der Waals surface area contributed by atoms with Crippen molar-refractivity contribution in [3.63, 3.8) is 0 Å². The van der Waals surface area contributed by atoms with Crippen LogP contribution in [-0.2, 0) is 18.4 Å². The van der Waals surface area contributed by atoms with Gasteiger partial charge in [0.2, 0.25) is 5.91 Å². The molecule has 410 valence electrons. The smallest absolute Gasteiger partial charge is 0.387 e. The van der Waals surface area contributed by atoms with Crippen molar-refractivity contribution in [2.45, 2.75) is 315 Å². The number of amides is 1. The monoisotopic (exact) mass is 996 g/mol. The highest BCUT2D eigenvalue weighted by molar-refractivity contribution is 7.47. The van der Waals surface area contributed by atoms with Gasteiger partial charge in [0.15, 0.2) is 0 Å². The highest BCUT2D eigenvalue weighted by atomic mass is 31.2. The molecule has 0 saturated heterocycles. The number of carbonyl (C=O) groups is 1. The van der Waals surface area contributed by atoms with Gasteiger partial charge in [0.25, 0.3) is 0 Å². The standard InChI is InChI=1S/C60H119N2O6P/c1-6-8-10-12-14-16-18-20-22-24-25-26-27-28-29-30-31-32-33-34-35-36-38-40-42-44-46-48-50-52-54-60(64)61-58(57-68-69(65,66)67-56-55-62(3,4)5)59(63)53-51-49-47-45-43-41-39-37-23-21-19-17-15-13-11-9-7-2/h43,45,51,53,58-59,63H,6-42,44,46-50,52,54-57H2,1-5H3,(H-,61,64,65,66)/p+1/b45-43+,53-51+. The molecule has 0 aromatic carbocycles. The van der Waals surface area contributed by atoms with E-state index in [9.17, 15) is 19.4 Å². The van der Waals surface area contributed by atoms with E-state index in [-0.39, 0.29) is 19.1 Å². The maximum absolute atomic E-state index is 13.0. The second-order valence-electron chi connectivity index (χ2n) is 22.1. The van der Waals surface area contributed by atoms with Gasteiger partial charge in [0, 0.05) is 6.42 Å². The normalized spacial score (nSPS) is 14.0. The SMILES string of the molecule is CCCCCCCCCCCCC/C=C/CC/C=C/C(O)C(COP(=O)(O)OCC[N+](C)(C)C)NC(=O)CCCCCCCCCCCCCCCCCCCCCCCCCCCCCCCC. The van der Waals surface area contributed by atoms with Crippen molar-refractivity contribution < 1.29 is 32.9 Å². The van der Waals surface area contributed by atoms with Crippen molar-refractivity contribution in [3.8, 4) is 0 Å². The van der Waals surface area contributed by atoms with Crippen molar-refractivity contribution in [1.29, 1.82) is 0 Å². The number of likely N-dealkylation sites (N-methyl/N-ethyl adjacent to an activating group) is 1. The minimum absolute atomic E-state index is 0.0587. The summed E-state index contributed by atoms with van der Waals surface area (Å²) in [6.45, 7) is 4.84. The first-order chi connectivity index (χ1) is 33.5. The van der Waals surface area contributed by atoms with Crippen LogP contribution in [0.25, 0.3) is 0 Å². The lowest BCUT2D eigenvalue weighted by molar-refractivity contribution is -0.870. The fourth-order valence-electron chi connectivity index (χ4n) is 9.18. The Morgan fingerprint density at radius 3 is 1.16 bits per heavy atom.